The summed E-state index contributed by atoms with van der Waals surface area (Å²) in [5, 5.41) is 16.7. The molecule has 1 saturated heterocycles. The van der Waals surface area contributed by atoms with Gasteiger partial charge in [-0.15, -0.1) is 5.01 Å². The van der Waals surface area contributed by atoms with Crippen LogP contribution in [0.4, 0.5) is 0 Å². The van der Waals surface area contributed by atoms with Gasteiger partial charge < -0.3 is 14.9 Å². The summed E-state index contributed by atoms with van der Waals surface area (Å²) in [5.74, 6) is -0.0359. The lowest BCUT2D eigenvalue weighted by Crippen LogP contribution is -2.54. The van der Waals surface area contributed by atoms with Gasteiger partial charge in [-0.3, -0.25) is 4.79 Å². The van der Waals surface area contributed by atoms with Gasteiger partial charge in [0.2, 0.25) is 5.28 Å². The maximum atomic E-state index is 12.1. The van der Waals surface area contributed by atoms with Crippen molar-refractivity contribution in [2.75, 3.05) is 20.1 Å². The minimum absolute atomic E-state index is 0.0359. The quantitative estimate of drug-likeness (QED) is 0.485. The second-order valence-electron chi connectivity index (χ2n) is 6.33. The average molecular weight is 306 g/mol. The lowest BCUT2D eigenvalue weighted by atomic mass is 10.1. The third-order valence-electron chi connectivity index (χ3n) is 3.65. The number of amides is 1. The Kier molecular flexibility index (Phi) is 4.54. The number of rotatable bonds is 4. The summed E-state index contributed by atoms with van der Waals surface area (Å²) in [5.41, 5.74) is 0.305. The topological polar surface area (TPSA) is 71.2 Å². The van der Waals surface area contributed by atoms with E-state index in [0.29, 0.717) is 23.6 Å². The predicted molar refractivity (Wildman–Crippen MR) is 80.8 cm³/mol. The van der Waals surface area contributed by atoms with E-state index < -0.39 is 0 Å². The van der Waals surface area contributed by atoms with Crippen LogP contribution in [0.5, 0.6) is 0 Å². The first-order chi connectivity index (χ1) is 10.3. The van der Waals surface area contributed by atoms with E-state index in [9.17, 15) is 10.0 Å². The lowest BCUT2D eigenvalue weighted by molar-refractivity contribution is -0.720. The van der Waals surface area contributed by atoms with Crippen molar-refractivity contribution in [2.24, 2.45) is 5.28 Å². The molecule has 0 unspecified atom stereocenters. The molecule has 7 heteroatoms. The van der Waals surface area contributed by atoms with Gasteiger partial charge in [-0.25, -0.2) is 0 Å². The van der Waals surface area contributed by atoms with E-state index >= 15 is 0 Å². The van der Waals surface area contributed by atoms with E-state index in [4.69, 9.17) is 4.84 Å². The largest absolute Gasteiger partial charge is 0.569 e. The molecule has 2 rings (SSSR count). The number of hydrazine groups is 1. The van der Waals surface area contributed by atoms with Crippen LogP contribution in [-0.2, 0) is 4.84 Å². The van der Waals surface area contributed by atoms with Crippen molar-refractivity contribution in [1.82, 2.24) is 9.91 Å². The Morgan fingerprint density at radius 1 is 1.36 bits per heavy atom. The van der Waals surface area contributed by atoms with Gasteiger partial charge in [-0.1, -0.05) is 18.2 Å². The fraction of sp³-hybridized carbons (Fsp3) is 0.533. The average Bonchev–Trinajstić information content (AvgIpc) is 2.44. The molecule has 0 spiro atoms. The van der Waals surface area contributed by atoms with Crippen LogP contribution in [0.3, 0.4) is 0 Å². The summed E-state index contributed by atoms with van der Waals surface area (Å²) in [6.45, 7) is 6.57. The van der Waals surface area contributed by atoms with Crippen molar-refractivity contribution in [3.8, 4) is 0 Å². The number of hydrogen-bond donors (Lipinski definition) is 0. The van der Waals surface area contributed by atoms with Gasteiger partial charge in [0.25, 0.3) is 5.91 Å². The van der Waals surface area contributed by atoms with Gasteiger partial charge in [0.05, 0.1) is 30.6 Å². The maximum Gasteiger partial charge on any atom is 0.254 e. The molecule has 0 radical (unpaired) electrons. The first kappa shape index (κ1) is 16.1. The van der Waals surface area contributed by atoms with Crippen molar-refractivity contribution >= 4 is 5.91 Å². The van der Waals surface area contributed by atoms with Crippen molar-refractivity contribution in [2.45, 2.75) is 32.4 Å². The molecule has 1 aromatic rings. The van der Waals surface area contributed by atoms with Crippen LogP contribution in [0.15, 0.2) is 35.6 Å². The molecular weight excluding hydrogens is 284 g/mol. The first-order valence-corrected chi connectivity index (χ1v) is 7.21. The standard InChI is InChI=1S/C15H22N4O3/c1-15(2,3)17(4)19(21)16-22-13-10-18(11-13)14(20)12-8-6-5-7-9-12/h5-9,13H,10-11H2,1-4H3/b19-16-. The zero-order valence-electron chi connectivity index (χ0n) is 13.4. The predicted octanol–water partition coefficient (Wildman–Crippen LogP) is 2.05. The molecule has 0 atom stereocenters. The molecule has 0 aliphatic carbocycles. The monoisotopic (exact) mass is 306 g/mol. The van der Waals surface area contributed by atoms with Gasteiger partial charge >= 0.3 is 0 Å². The number of carbonyl (C=O) groups is 1. The van der Waals surface area contributed by atoms with E-state index in [0.717, 1.165) is 0 Å². The van der Waals surface area contributed by atoms with E-state index in [1.807, 2.05) is 39.0 Å². The third kappa shape index (κ3) is 3.66. The third-order valence-corrected chi connectivity index (χ3v) is 3.65. The lowest BCUT2D eigenvalue weighted by Gasteiger charge is -2.36. The zero-order chi connectivity index (χ0) is 16.3. The van der Waals surface area contributed by atoms with Crippen LogP contribution in [0.1, 0.15) is 31.1 Å². The summed E-state index contributed by atoms with van der Waals surface area (Å²) >= 11 is 0. The summed E-state index contributed by atoms with van der Waals surface area (Å²) in [6, 6.07) is 9.07. The summed E-state index contributed by atoms with van der Waals surface area (Å²) < 4.78 is 0. The van der Waals surface area contributed by atoms with Crippen LogP contribution in [0.25, 0.3) is 0 Å². The minimum atomic E-state index is -0.344. The molecule has 1 aromatic carbocycles. The summed E-state index contributed by atoms with van der Waals surface area (Å²) in [7, 11) is 1.64. The molecule has 0 aromatic heterocycles. The van der Waals surface area contributed by atoms with E-state index in [1.165, 1.54) is 5.01 Å². The van der Waals surface area contributed by atoms with Crippen LogP contribution in [-0.4, -0.2) is 52.6 Å². The highest BCUT2D eigenvalue weighted by molar-refractivity contribution is 5.94. The molecule has 0 N–H and O–H groups in total. The number of benzene rings is 1. The van der Waals surface area contributed by atoms with Crippen molar-refractivity contribution in [3.05, 3.63) is 41.1 Å². The second kappa shape index (κ2) is 6.21. The zero-order valence-corrected chi connectivity index (χ0v) is 13.4. The Morgan fingerprint density at radius 3 is 2.50 bits per heavy atom. The molecule has 120 valence electrons. The highest BCUT2D eigenvalue weighted by atomic mass is 16.7. The molecule has 1 heterocycles. The van der Waals surface area contributed by atoms with E-state index in [2.05, 4.69) is 5.28 Å². The Balaban J connectivity index is 1.82. The number of hydrogen-bond acceptors (Lipinski definition) is 4. The highest BCUT2D eigenvalue weighted by Gasteiger charge is 2.34. The van der Waals surface area contributed by atoms with Gasteiger partial charge in [-0.05, 0) is 32.9 Å². The smallest absolute Gasteiger partial charge is 0.254 e. The fourth-order valence-electron chi connectivity index (χ4n) is 1.85. The van der Waals surface area contributed by atoms with Gasteiger partial charge in [0, 0.05) is 5.56 Å². The van der Waals surface area contributed by atoms with Crippen LogP contribution >= 0.6 is 0 Å². The Bertz CT molecular complexity index is 548. The second-order valence-corrected chi connectivity index (χ2v) is 6.33. The van der Waals surface area contributed by atoms with E-state index in [-0.39, 0.29) is 17.6 Å². The normalized spacial score (nSPS) is 16.2. The van der Waals surface area contributed by atoms with Gasteiger partial charge in [0.15, 0.2) is 6.10 Å². The number of likely N-dealkylation sites (tertiary alicyclic amines) is 1. The fourth-order valence-corrected chi connectivity index (χ4v) is 1.85. The SMILES string of the molecule is CN(/[N+]([O-])=N/OC1CN(C(=O)c2ccccc2)C1)C(C)(C)C. The molecule has 7 nitrogen and oxygen atoms in total. The van der Waals surface area contributed by atoms with Crippen molar-refractivity contribution < 1.29 is 14.6 Å². The van der Waals surface area contributed by atoms with Gasteiger partial charge in [0.1, 0.15) is 0 Å². The molecule has 1 amide bonds. The maximum absolute atomic E-state index is 12.1. The number of carbonyl (C=O) groups excluding carboxylic acids is 1. The molecule has 0 saturated carbocycles. The van der Waals surface area contributed by atoms with Crippen LogP contribution in [0.2, 0.25) is 0 Å². The van der Waals surface area contributed by atoms with Crippen LogP contribution in [0, 0.1) is 5.21 Å². The molecule has 1 fully saturated rings. The van der Waals surface area contributed by atoms with Crippen molar-refractivity contribution in [1.29, 1.82) is 0 Å². The van der Waals surface area contributed by atoms with Crippen molar-refractivity contribution in [3.63, 3.8) is 0 Å². The van der Waals surface area contributed by atoms with Crippen LogP contribution < -0.4 is 0 Å². The Hall–Kier alpha value is -2.31. The molecule has 1 aliphatic heterocycles. The Labute approximate surface area is 130 Å². The minimum Gasteiger partial charge on any atom is -0.569 e. The van der Waals surface area contributed by atoms with Gasteiger partial charge in [-0.2, -0.15) is 0 Å². The summed E-state index contributed by atoms with van der Waals surface area (Å²) in [4.78, 5) is 19.4. The molecule has 1 aliphatic rings. The molecule has 22 heavy (non-hydrogen) atoms. The van der Waals surface area contributed by atoms with E-state index in [1.54, 1.807) is 24.1 Å². The molecule has 0 bridgehead atoms. The number of nitrogens with zero attached hydrogens (tertiary/aromatic N) is 4. The molecular formula is C15H22N4O3. The Morgan fingerprint density at radius 2 is 1.95 bits per heavy atom. The highest BCUT2D eigenvalue weighted by Crippen LogP contribution is 2.17. The first-order valence-electron chi connectivity index (χ1n) is 7.21. The summed E-state index contributed by atoms with van der Waals surface area (Å²) in [6.07, 6.45) is -0.238.